The van der Waals surface area contributed by atoms with Gasteiger partial charge in [-0.2, -0.15) is 10.4 Å². The Morgan fingerprint density at radius 2 is 1.90 bits per heavy atom. The molecule has 21 heavy (non-hydrogen) atoms. The van der Waals surface area contributed by atoms with E-state index in [2.05, 4.69) is 15.1 Å². The summed E-state index contributed by atoms with van der Waals surface area (Å²) >= 11 is 0. The molecule has 0 N–H and O–H groups in total. The van der Waals surface area contributed by atoms with E-state index in [-0.39, 0.29) is 12.4 Å². The summed E-state index contributed by atoms with van der Waals surface area (Å²) < 4.78 is 15.1. The zero-order valence-electron chi connectivity index (χ0n) is 10.9. The van der Waals surface area contributed by atoms with Crippen LogP contribution in [0.25, 0.3) is 11.5 Å². The molecule has 0 unspecified atom stereocenters. The van der Waals surface area contributed by atoms with Crippen molar-refractivity contribution in [1.29, 1.82) is 5.26 Å². The molecule has 5 nitrogen and oxygen atoms in total. The smallest absolute Gasteiger partial charge is 0.180 e. The van der Waals surface area contributed by atoms with Gasteiger partial charge in [0.1, 0.15) is 23.3 Å². The van der Waals surface area contributed by atoms with Crippen LogP contribution in [0, 0.1) is 17.1 Å². The van der Waals surface area contributed by atoms with E-state index in [9.17, 15) is 9.65 Å². The van der Waals surface area contributed by atoms with Crippen LogP contribution in [0.4, 0.5) is 4.39 Å². The average molecular weight is 279 g/mol. The first kappa shape index (κ1) is 12.9. The third-order valence-corrected chi connectivity index (χ3v) is 2.97. The molecule has 0 aliphatic rings. The van der Waals surface area contributed by atoms with Crippen LogP contribution in [-0.4, -0.2) is 19.7 Å². The molecule has 0 spiro atoms. The highest BCUT2D eigenvalue weighted by atomic mass is 19.1. The third-order valence-electron chi connectivity index (χ3n) is 2.97. The zero-order valence-corrected chi connectivity index (χ0v) is 10.9. The lowest BCUT2D eigenvalue weighted by molar-refractivity contribution is 0.583. The van der Waals surface area contributed by atoms with Crippen molar-refractivity contribution < 1.29 is 4.39 Å². The summed E-state index contributed by atoms with van der Waals surface area (Å²) in [6.45, 7) is 0.183. The summed E-state index contributed by atoms with van der Waals surface area (Å²) in [6, 6.07) is 11.8. The minimum atomic E-state index is -0.325. The van der Waals surface area contributed by atoms with Crippen LogP contribution in [0.3, 0.4) is 0 Å². The van der Waals surface area contributed by atoms with Gasteiger partial charge in [-0.25, -0.2) is 19.0 Å². The van der Waals surface area contributed by atoms with Crippen LogP contribution in [0.2, 0.25) is 0 Å². The number of nitrogens with zero attached hydrogens (tertiary/aromatic N) is 5. The molecule has 3 aromatic rings. The molecule has 6 heteroatoms. The van der Waals surface area contributed by atoms with Gasteiger partial charge in [-0.05, 0) is 12.1 Å². The number of rotatable bonds is 3. The molecule has 0 aliphatic carbocycles. The van der Waals surface area contributed by atoms with Gasteiger partial charge in [-0.1, -0.05) is 18.2 Å². The maximum Gasteiger partial charge on any atom is 0.180 e. The lowest BCUT2D eigenvalue weighted by Crippen LogP contribution is -2.06. The molecule has 0 bridgehead atoms. The number of hydrogen-bond donors (Lipinski definition) is 0. The molecule has 2 aromatic heterocycles. The maximum absolute atomic E-state index is 13.7. The Kier molecular flexibility index (Phi) is 3.39. The molecular weight excluding hydrogens is 269 g/mol. The fourth-order valence-electron chi connectivity index (χ4n) is 1.96. The van der Waals surface area contributed by atoms with Crippen LogP contribution in [0.1, 0.15) is 11.3 Å². The van der Waals surface area contributed by atoms with E-state index in [0.717, 1.165) is 0 Å². The number of aromatic nitrogens is 4. The second-order valence-electron chi connectivity index (χ2n) is 4.35. The predicted molar refractivity (Wildman–Crippen MR) is 73.5 cm³/mol. The maximum atomic E-state index is 13.7. The minimum absolute atomic E-state index is 0.183. The van der Waals surface area contributed by atoms with E-state index < -0.39 is 0 Å². The van der Waals surface area contributed by atoms with Gasteiger partial charge in [0, 0.05) is 24.0 Å². The van der Waals surface area contributed by atoms with Gasteiger partial charge in [-0.15, -0.1) is 0 Å². The summed E-state index contributed by atoms with van der Waals surface area (Å²) in [4.78, 5) is 8.18. The van der Waals surface area contributed by atoms with E-state index in [4.69, 9.17) is 0 Å². The molecule has 0 atom stereocenters. The van der Waals surface area contributed by atoms with Crippen LogP contribution in [0.15, 0.2) is 48.8 Å². The monoisotopic (exact) mass is 279 g/mol. The Labute approximate surface area is 120 Å². The van der Waals surface area contributed by atoms with Crippen molar-refractivity contribution in [1.82, 2.24) is 19.7 Å². The van der Waals surface area contributed by atoms with Gasteiger partial charge in [-0.3, -0.25) is 0 Å². The van der Waals surface area contributed by atoms with E-state index in [1.165, 1.54) is 10.7 Å². The molecule has 1 aromatic carbocycles. The predicted octanol–water partition coefficient (Wildman–Crippen LogP) is 2.40. The van der Waals surface area contributed by atoms with Crippen LogP contribution in [-0.2, 0) is 6.54 Å². The standard InChI is InChI=1S/C15H10FN5/c16-13-5-2-1-4-11(13)10-21-12(9-17)8-14(20-21)15-18-6-3-7-19-15/h1-8H,10H2. The summed E-state index contributed by atoms with van der Waals surface area (Å²) in [7, 11) is 0. The fraction of sp³-hybridized carbons (Fsp3) is 0.0667. The first-order chi connectivity index (χ1) is 10.3. The molecule has 0 fully saturated rings. The van der Waals surface area contributed by atoms with E-state index in [1.807, 2.05) is 6.07 Å². The zero-order chi connectivity index (χ0) is 14.7. The summed E-state index contributed by atoms with van der Waals surface area (Å²) in [5, 5.41) is 13.5. The average Bonchev–Trinajstić information content (AvgIpc) is 2.93. The Hall–Kier alpha value is -3.07. The molecule has 0 aliphatic heterocycles. The van der Waals surface area contributed by atoms with Crippen molar-refractivity contribution in [2.45, 2.75) is 6.54 Å². The van der Waals surface area contributed by atoms with Crippen molar-refractivity contribution in [2.24, 2.45) is 0 Å². The fourth-order valence-corrected chi connectivity index (χ4v) is 1.96. The van der Waals surface area contributed by atoms with Gasteiger partial charge in [0.15, 0.2) is 5.82 Å². The van der Waals surface area contributed by atoms with Gasteiger partial charge < -0.3 is 0 Å². The summed E-state index contributed by atoms with van der Waals surface area (Å²) in [6.07, 6.45) is 3.20. The lowest BCUT2D eigenvalue weighted by atomic mass is 10.2. The molecule has 0 radical (unpaired) electrons. The van der Waals surface area contributed by atoms with Crippen molar-refractivity contribution in [3.05, 3.63) is 65.9 Å². The van der Waals surface area contributed by atoms with Crippen molar-refractivity contribution in [3.8, 4) is 17.6 Å². The first-order valence-corrected chi connectivity index (χ1v) is 6.26. The molecule has 0 saturated heterocycles. The highest BCUT2D eigenvalue weighted by molar-refractivity contribution is 5.51. The molecule has 3 rings (SSSR count). The van der Waals surface area contributed by atoms with E-state index in [0.29, 0.717) is 22.8 Å². The van der Waals surface area contributed by atoms with Crippen LogP contribution < -0.4 is 0 Å². The Morgan fingerprint density at radius 1 is 1.14 bits per heavy atom. The van der Waals surface area contributed by atoms with Crippen LogP contribution in [0.5, 0.6) is 0 Å². The minimum Gasteiger partial charge on any atom is -0.250 e. The van der Waals surface area contributed by atoms with Crippen molar-refractivity contribution in [2.75, 3.05) is 0 Å². The van der Waals surface area contributed by atoms with Crippen molar-refractivity contribution >= 4 is 0 Å². The first-order valence-electron chi connectivity index (χ1n) is 6.26. The summed E-state index contributed by atoms with van der Waals surface area (Å²) in [5.41, 5.74) is 1.29. The second kappa shape index (κ2) is 5.51. The highest BCUT2D eigenvalue weighted by Crippen LogP contribution is 2.16. The lowest BCUT2D eigenvalue weighted by Gasteiger charge is -2.04. The molecule has 0 saturated carbocycles. The highest BCUT2D eigenvalue weighted by Gasteiger charge is 2.12. The summed E-state index contributed by atoms with van der Waals surface area (Å²) in [5.74, 6) is 0.107. The van der Waals surface area contributed by atoms with Gasteiger partial charge in [0.25, 0.3) is 0 Å². The molecule has 102 valence electrons. The van der Waals surface area contributed by atoms with Gasteiger partial charge in [0.2, 0.25) is 0 Å². The quantitative estimate of drug-likeness (QED) is 0.738. The van der Waals surface area contributed by atoms with Crippen molar-refractivity contribution in [3.63, 3.8) is 0 Å². The van der Waals surface area contributed by atoms with Gasteiger partial charge in [0.05, 0.1) is 6.54 Å². The van der Waals surface area contributed by atoms with E-state index in [1.54, 1.807) is 42.7 Å². The Balaban J connectivity index is 1.98. The number of halogens is 1. The normalized spacial score (nSPS) is 10.3. The number of benzene rings is 1. The topological polar surface area (TPSA) is 67.4 Å². The Bertz CT molecular complexity index is 804. The third kappa shape index (κ3) is 2.62. The second-order valence-corrected chi connectivity index (χ2v) is 4.35. The number of hydrogen-bond acceptors (Lipinski definition) is 4. The molecular formula is C15H10FN5. The van der Waals surface area contributed by atoms with Crippen LogP contribution >= 0.6 is 0 Å². The molecule has 2 heterocycles. The molecule has 0 amide bonds. The van der Waals surface area contributed by atoms with E-state index >= 15 is 0 Å². The largest absolute Gasteiger partial charge is 0.250 e. The van der Waals surface area contributed by atoms with Gasteiger partial charge >= 0.3 is 0 Å². The Morgan fingerprint density at radius 3 is 2.62 bits per heavy atom. The SMILES string of the molecule is N#Cc1cc(-c2ncccn2)nn1Cc1ccccc1F. The number of nitriles is 1.